The molecule has 0 unspecified atom stereocenters. The number of aryl methyl sites for hydroxylation is 1. The van der Waals surface area contributed by atoms with Crippen molar-refractivity contribution in [3.05, 3.63) is 65.2 Å². The Balaban J connectivity index is 2.03. The van der Waals surface area contributed by atoms with Crippen molar-refractivity contribution in [2.24, 2.45) is 0 Å². The van der Waals surface area contributed by atoms with Crippen LogP contribution in [0.15, 0.2) is 53.4 Å². The highest BCUT2D eigenvalue weighted by Crippen LogP contribution is 2.21. The van der Waals surface area contributed by atoms with E-state index in [0.717, 1.165) is 5.56 Å². The molecule has 0 saturated carbocycles. The number of esters is 1. The lowest BCUT2D eigenvalue weighted by molar-refractivity contribution is -0.124. The van der Waals surface area contributed by atoms with Gasteiger partial charge in [-0.15, -0.1) is 0 Å². The first-order valence-electron chi connectivity index (χ1n) is 9.38. The van der Waals surface area contributed by atoms with Gasteiger partial charge in [0.2, 0.25) is 10.0 Å². The van der Waals surface area contributed by atoms with E-state index in [1.165, 1.54) is 16.4 Å². The maximum atomic E-state index is 12.8. The number of nitrogens with zero attached hydrogens (tertiary/aromatic N) is 1. The summed E-state index contributed by atoms with van der Waals surface area (Å²) in [6.07, 6.45) is 0. The molecular formula is C21H26N2O5S. The number of rotatable bonds is 9. The zero-order chi connectivity index (χ0) is 21.4. The molecule has 2 aromatic carbocycles. The molecule has 1 amide bonds. The Morgan fingerprint density at radius 3 is 2.31 bits per heavy atom. The van der Waals surface area contributed by atoms with Gasteiger partial charge in [0.15, 0.2) is 6.61 Å². The summed E-state index contributed by atoms with van der Waals surface area (Å²) in [4.78, 5) is 24.3. The fourth-order valence-corrected chi connectivity index (χ4v) is 4.48. The number of hydrogen-bond donors (Lipinski definition) is 1. The molecule has 0 fully saturated rings. The number of benzene rings is 2. The van der Waals surface area contributed by atoms with Crippen LogP contribution < -0.4 is 5.32 Å². The van der Waals surface area contributed by atoms with Crippen LogP contribution in [0.4, 0.5) is 0 Å². The zero-order valence-corrected chi connectivity index (χ0v) is 17.7. The third-order valence-corrected chi connectivity index (χ3v) is 6.61. The number of sulfonamides is 1. The second-order valence-electron chi connectivity index (χ2n) is 6.41. The van der Waals surface area contributed by atoms with Gasteiger partial charge in [-0.2, -0.15) is 4.31 Å². The highest BCUT2D eigenvalue weighted by atomic mass is 32.2. The second-order valence-corrected chi connectivity index (χ2v) is 8.31. The summed E-state index contributed by atoms with van der Waals surface area (Å²) in [5.41, 5.74) is 1.54. The van der Waals surface area contributed by atoms with Gasteiger partial charge in [0.25, 0.3) is 5.91 Å². The van der Waals surface area contributed by atoms with E-state index in [1.54, 1.807) is 26.8 Å². The number of nitrogens with one attached hydrogen (secondary N) is 1. The van der Waals surface area contributed by atoms with E-state index in [-0.39, 0.29) is 10.5 Å². The van der Waals surface area contributed by atoms with Gasteiger partial charge in [-0.3, -0.25) is 4.79 Å². The van der Waals surface area contributed by atoms with Crippen LogP contribution >= 0.6 is 0 Å². The number of ether oxygens (including phenoxy) is 1. The van der Waals surface area contributed by atoms with Crippen molar-refractivity contribution in [3.8, 4) is 0 Å². The summed E-state index contributed by atoms with van der Waals surface area (Å²) in [6, 6.07) is 13.7. The highest BCUT2D eigenvalue weighted by Gasteiger charge is 2.25. The summed E-state index contributed by atoms with van der Waals surface area (Å²) in [5.74, 6) is -1.19. The first-order chi connectivity index (χ1) is 13.8. The predicted molar refractivity (Wildman–Crippen MR) is 110 cm³/mol. The lowest BCUT2D eigenvalue weighted by atomic mass is 10.1. The second kappa shape index (κ2) is 10.2. The third-order valence-electron chi connectivity index (χ3n) is 4.41. The van der Waals surface area contributed by atoms with Crippen LogP contribution in [0.1, 0.15) is 35.3 Å². The van der Waals surface area contributed by atoms with Crippen LogP contribution in [0.3, 0.4) is 0 Å². The molecule has 0 aliphatic rings. The first kappa shape index (κ1) is 22.6. The van der Waals surface area contributed by atoms with Crippen molar-refractivity contribution in [1.29, 1.82) is 0 Å². The van der Waals surface area contributed by atoms with Gasteiger partial charge in [-0.05, 0) is 30.2 Å². The van der Waals surface area contributed by atoms with Crippen LogP contribution in [0, 0.1) is 6.92 Å². The monoisotopic (exact) mass is 418 g/mol. The van der Waals surface area contributed by atoms with Crippen LogP contribution in [0.25, 0.3) is 0 Å². The largest absolute Gasteiger partial charge is 0.452 e. The molecule has 0 spiro atoms. The van der Waals surface area contributed by atoms with Crippen molar-refractivity contribution < 1.29 is 22.7 Å². The SMILES string of the molecule is CCN(CC)S(=O)(=O)c1cc(C(=O)OCC(=O)NCc2ccccc2)ccc1C. The predicted octanol–water partition coefficient (Wildman–Crippen LogP) is 2.50. The first-order valence-corrected chi connectivity index (χ1v) is 10.8. The topological polar surface area (TPSA) is 92.8 Å². The molecule has 2 aromatic rings. The Morgan fingerprint density at radius 2 is 1.69 bits per heavy atom. The summed E-state index contributed by atoms with van der Waals surface area (Å²) in [6.45, 7) is 5.71. The molecule has 2 rings (SSSR count). The standard InChI is InChI=1S/C21H26N2O5S/c1-4-23(5-2)29(26,27)19-13-18(12-11-16(19)3)21(25)28-15-20(24)22-14-17-9-7-6-8-10-17/h6-13H,4-5,14-15H2,1-3H3,(H,22,24). The van der Waals surface area contributed by atoms with Crippen LogP contribution in [0.2, 0.25) is 0 Å². The minimum Gasteiger partial charge on any atom is -0.452 e. The summed E-state index contributed by atoms with van der Waals surface area (Å²) >= 11 is 0. The van der Waals surface area contributed by atoms with Gasteiger partial charge in [-0.25, -0.2) is 13.2 Å². The fraction of sp³-hybridized carbons (Fsp3) is 0.333. The molecular weight excluding hydrogens is 392 g/mol. The van der Waals surface area contributed by atoms with E-state index < -0.39 is 28.5 Å². The van der Waals surface area contributed by atoms with E-state index in [2.05, 4.69) is 5.32 Å². The van der Waals surface area contributed by atoms with E-state index in [1.807, 2.05) is 30.3 Å². The highest BCUT2D eigenvalue weighted by molar-refractivity contribution is 7.89. The quantitative estimate of drug-likeness (QED) is 0.632. The normalized spacial score (nSPS) is 11.3. The molecule has 7 nitrogen and oxygen atoms in total. The maximum absolute atomic E-state index is 12.8. The molecule has 0 aromatic heterocycles. The molecule has 0 saturated heterocycles. The minimum absolute atomic E-state index is 0.0594. The number of carbonyl (C=O) groups is 2. The van der Waals surface area contributed by atoms with Gasteiger partial charge >= 0.3 is 5.97 Å². The molecule has 0 heterocycles. The van der Waals surface area contributed by atoms with Crippen molar-refractivity contribution >= 4 is 21.9 Å². The third kappa shape index (κ3) is 5.88. The average molecular weight is 419 g/mol. The van der Waals surface area contributed by atoms with E-state index in [0.29, 0.717) is 25.2 Å². The number of amides is 1. The van der Waals surface area contributed by atoms with Gasteiger partial charge in [0.1, 0.15) is 0 Å². The molecule has 0 bridgehead atoms. The summed E-state index contributed by atoms with van der Waals surface area (Å²) in [5, 5.41) is 2.66. The molecule has 8 heteroatoms. The lowest BCUT2D eigenvalue weighted by Crippen LogP contribution is -2.31. The van der Waals surface area contributed by atoms with Crippen molar-refractivity contribution in [3.63, 3.8) is 0 Å². The molecule has 29 heavy (non-hydrogen) atoms. The molecule has 156 valence electrons. The smallest absolute Gasteiger partial charge is 0.338 e. The van der Waals surface area contributed by atoms with Crippen LogP contribution in [0.5, 0.6) is 0 Å². The Morgan fingerprint density at radius 1 is 1.03 bits per heavy atom. The molecule has 0 aliphatic carbocycles. The van der Waals surface area contributed by atoms with Crippen molar-refractivity contribution in [2.75, 3.05) is 19.7 Å². The zero-order valence-electron chi connectivity index (χ0n) is 16.8. The Labute approximate surface area is 171 Å². The molecule has 0 aliphatic heterocycles. The Kier molecular flexibility index (Phi) is 7.92. The summed E-state index contributed by atoms with van der Waals surface area (Å²) < 4.78 is 31.9. The van der Waals surface area contributed by atoms with Crippen LogP contribution in [-0.2, 0) is 26.1 Å². The average Bonchev–Trinajstić information content (AvgIpc) is 2.72. The van der Waals surface area contributed by atoms with E-state index >= 15 is 0 Å². The minimum atomic E-state index is -3.71. The molecule has 1 N–H and O–H groups in total. The lowest BCUT2D eigenvalue weighted by Gasteiger charge is -2.20. The van der Waals surface area contributed by atoms with Gasteiger partial charge in [0.05, 0.1) is 10.5 Å². The Hall–Kier alpha value is -2.71. The van der Waals surface area contributed by atoms with Gasteiger partial charge < -0.3 is 10.1 Å². The Bertz CT molecular complexity index is 954. The fourth-order valence-electron chi connectivity index (χ4n) is 2.77. The summed E-state index contributed by atoms with van der Waals surface area (Å²) in [7, 11) is -3.71. The number of carbonyl (C=O) groups excluding carboxylic acids is 2. The van der Waals surface area contributed by atoms with Crippen molar-refractivity contribution in [2.45, 2.75) is 32.2 Å². The maximum Gasteiger partial charge on any atom is 0.338 e. The van der Waals surface area contributed by atoms with Crippen molar-refractivity contribution in [1.82, 2.24) is 9.62 Å². The van der Waals surface area contributed by atoms with E-state index in [9.17, 15) is 18.0 Å². The van der Waals surface area contributed by atoms with Crippen LogP contribution in [-0.4, -0.2) is 44.3 Å². The molecule has 0 radical (unpaired) electrons. The van der Waals surface area contributed by atoms with E-state index in [4.69, 9.17) is 4.74 Å². The van der Waals surface area contributed by atoms with Gasteiger partial charge in [-0.1, -0.05) is 50.2 Å². The number of hydrogen-bond acceptors (Lipinski definition) is 5. The van der Waals surface area contributed by atoms with Gasteiger partial charge in [0, 0.05) is 19.6 Å². The molecule has 0 atom stereocenters.